The van der Waals surface area contributed by atoms with Crippen molar-refractivity contribution in [2.24, 2.45) is 0 Å². The van der Waals surface area contributed by atoms with Crippen molar-refractivity contribution in [2.45, 2.75) is 46.1 Å². The van der Waals surface area contributed by atoms with Gasteiger partial charge < -0.3 is 25.4 Å². The van der Waals surface area contributed by atoms with Crippen LogP contribution in [0.15, 0.2) is 53.7 Å². The van der Waals surface area contributed by atoms with Crippen LogP contribution in [0.25, 0.3) is 0 Å². The van der Waals surface area contributed by atoms with E-state index in [1.54, 1.807) is 7.11 Å². The number of carbonyl (C=O) groups excluding carboxylic acids is 1. The van der Waals surface area contributed by atoms with E-state index in [1.165, 1.54) is 0 Å². The molecule has 0 aromatic heterocycles. The smallest absolute Gasteiger partial charge is 0.255 e. The van der Waals surface area contributed by atoms with Crippen molar-refractivity contribution in [3.8, 4) is 11.5 Å². The number of ether oxygens (including phenoxy) is 2. The van der Waals surface area contributed by atoms with Crippen LogP contribution in [0.1, 0.15) is 50.3 Å². The second kappa shape index (κ2) is 11.0. The predicted molar refractivity (Wildman–Crippen MR) is 132 cm³/mol. The van der Waals surface area contributed by atoms with Crippen molar-refractivity contribution >= 4 is 28.9 Å². The Balaban J connectivity index is 1.96. The zero-order chi connectivity index (χ0) is 23.1. The van der Waals surface area contributed by atoms with Gasteiger partial charge in [0.05, 0.1) is 25.3 Å². The van der Waals surface area contributed by atoms with Gasteiger partial charge in [0.15, 0.2) is 16.6 Å². The molecule has 0 spiro atoms. The summed E-state index contributed by atoms with van der Waals surface area (Å²) >= 11 is 5.41. The highest BCUT2D eigenvalue weighted by Crippen LogP contribution is 2.39. The number of anilines is 1. The molecule has 0 fully saturated rings. The Bertz CT molecular complexity index is 1000. The fourth-order valence-corrected chi connectivity index (χ4v) is 3.94. The van der Waals surface area contributed by atoms with E-state index in [-0.39, 0.29) is 5.91 Å². The van der Waals surface area contributed by atoms with Gasteiger partial charge in [0, 0.05) is 16.9 Å². The molecule has 1 aliphatic heterocycles. The zero-order valence-corrected chi connectivity index (χ0v) is 19.9. The van der Waals surface area contributed by atoms with E-state index < -0.39 is 6.04 Å². The number of nitrogens with one attached hydrogen (secondary N) is 3. The highest BCUT2D eigenvalue weighted by molar-refractivity contribution is 7.80. The summed E-state index contributed by atoms with van der Waals surface area (Å²) in [5, 5.41) is 9.79. The molecule has 170 valence electrons. The molecule has 0 aliphatic carbocycles. The summed E-state index contributed by atoms with van der Waals surface area (Å²) in [5.74, 6) is 1.04. The van der Waals surface area contributed by atoms with Gasteiger partial charge in [0.2, 0.25) is 0 Å². The van der Waals surface area contributed by atoms with E-state index in [0.29, 0.717) is 34.5 Å². The van der Waals surface area contributed by atoms with Crippen molar-refractivity contribution in [1.82, 2.24) is 10.6 Å². The third-order valence-corrected chi connectivity index (χ3v) is 5.58. The van der Waals surface area contributed by atoms with Gasteiger partial charge in [-0.15, -0.1) is 0 Å². The lowest BCUT2D eigenvalue weighted by atomic mass is 9.93. The van der Waals surface area contributed by atoms with Crippen LogP contribution < -0.4 is 25.4 Å². The summed E-state index contributed by atoms with van der Waals surface area (Å²) < 4.78 is 11.7. The van der Waals surface area contributed by atoms with Crippen LogP contribution in [0, 0.1) is 6.92 Å². The molecule has 0 bridgehead atoms. The van der Waals surface area contributed by atoms with Crippen LogP contribution in [-0.2, 0) is 4.79 Å². The molecule has 1 unspecified atom stereocenters. The van der Waals surface area contributed by atoms with E-state index >= 15 is 0 Å². The molecule has 0 saturated heterocycles. The van der Waals surface area contributed by atoms with Crippen molar-refractivity contribution < 1.29 is 14.3 Å². The third-order valence-electron chi connectivity index (χ3n) is 5.36. The average molecular weight is 454 g/mol. The second-order valence-electron chi connectivity index (χ2n) is 7.82. The quantitative estimate of drug-likeness (QED) is 0.366. The molecule has 7 heteroatoms. The number of methoxy groups -OCH3 is 1. The maximum Gasteiger partial charge on any atom is 0.255 e. The fourth-order valence-electron chi connectivity index (χ4n) is 3.67. The van der Waals surface area contributed by atoms with Gasteiger partial charge in [-0.1, -0.05) is 49.6 Å². The number of aryl methyl sites for hydroxylation is 1. The van der Waals surface area contributed by atoms with E-state index in [1.807, 2.05) is 56.3 Å². The SMILES string of the molecule is CCCCCOc1c(OC)cccc1C1NC(=S)NC(C)=C1C(=O)Nc1ccc(C)cc1. The first kappa shape index (κ1) is 23.6. The first-order valence-corrected chi connectivity index (χ1v) is 11.3. The largest absolute Gasteiger partial charge is 0.493 e. The Hall–Kier alpha value is -3.06. The number of para-hydroxylation sites is 1. The van der Waals surface area contributed by atoms with E-state index in [4.69, 9.17) is 21.7 Å². The van der Waals surface area contributed by atoms with Crippen molar-refractivity contribution in [2.75, 3.05) is 19.0 Å². The number of hydrogen-bond acceptors (Lipinski definition) is 4. The molecule has 0 radical (unpaired) electrons. The summed E-state index contributed by atoms with van der Waals surface area (Å²) in [6.07, 6.45) is 3.14. The summed E-state index contributed by atoms with van der Waals surface area (Å²) in [4.78, 5) is 13.4. The summed E-state index contributed by atoms with van der Waals surface area (Å²) in [7, 11) is 1.62. The monoisotopic (exact) mass is 453 g/mol. The standard InChI is InChI=1S/C25H31N3O3S/c1-5-6-7-15-31-23-19(9-8-10-20(23)30-4)22-21(17(3)26-25(32)28-22)24(29)27-18-13-11-16(2)12-14-18/h8-14,22H,5-7,15H2,1-4H3,(H,27,29)(H2,26,28,32). The Labute approximate surface area is 195 Å². The van der Waals surface area contributed by atoms with Crippen LogP contribution in [0.3, 0.4) is 0 Å². The molecule has 2 aromatic rings. The van der Waals surface area contributed by atoms with Crippen LogP contribution >= 0.6 is 12.2 Å². The van der Waals surface area contributed by atoms with Gasteiger partial charge in [0.25, 0.3) is 5.91 Å². The van der Waals surface area contributed by atoms with Gasteiger partial charge in [-0.2, -0.15) is 0 Å². The molecule has 1 heterocycles. The molecule has 6 nitrogen and oxygen atoms in total. The van der Waals surface area contributed by atoms with Crippen LogP contribution in [0.4, 0.5) is 5.69 Å². The molecule has 3 N–H and O–H groups in total. The second-order valence-corrected chi connectivity index (χ2v) is 8.23. The number of rotatable bonds is 9. The number of thiocarbonyl (C=S) groups is 1. The number of unbranched alkanes of at least 4 members (excludes halogenated alkanes) is 2. The molecule has 1 atom stereocenters. The molecular weight excluding hydrogens is 422 g/mol. The molecule has 2 aromatic carbocycles. The maximum absolute atomic E-state index is 13.4. The summed E-state index contributed by atoms with van der Waals surface area (Å²) in [6.45, 7) is 6.59. The minimum Gasteiger partial charge on any atom is -0.493 e. The summed E-state index contributed by atoms with van der Waals surface area (Å²) in [5.41, 5.74) is 3.91. The molecule has 32 heavy (non-hydrogen) atoms. The Kier molecular flexibility index (Phi) is 8.11. The minimum atomic E-state index is -0.481. The highest BCUT2D eigenvalue weighted by Gasteiger charge is 2.32. The van der Waals surface area contributed by atoms with E-state index in [9.17, 15) is 4.79 Å². The van der Waals surface area contributed by atoms with Gasteiger partial charge in [-0.25, -0.2) is 0 Å². The van der Waals surface area contributed by atoms with Crippen molar-refractivity contribution in [1.29, 1.82) is 0 Å². The summed E-state index contributed by atoms with van der Waals surface area (Å²) in [6, 6.07) is 12.9. The Morgan fingerprint density at radius 2 is 1.88 bits per heavy atom. The van der Waals surface area contributed by atoms with Gasteiger partial charge in [-0.3, -0.25) is 4.79 Å². The number of amides is 1. The molecule has 3 rings (SSSR count). The zero-order valence-electron chi connectivity index (χ0n) is 19.1. The molecule has 1 aliphatic rings. The average Bonchev–Trinajstić information content (AvgIpc) is 2.77. The van der Waals surface area contributed by atoms with Crippen LogP contribution in [0.5, 0.6) is 11.5 Å². The Morgan fingerprint density at radius 1 is 1.12 bits per heavy atom. The van der Waals surface area contributed by atoms with Crippen molar-refractivity contribution in [3.63, 3.8) is 0 Å². The first-order valence-electron chi connectivity index (χ1n) is 10.9. The fraction of sp³-hybridized carbons (Fsp3) is 0.360. The highest BCUT2D eigenvalue weighted by atomic mass is 32.1. The van der Waals surface area contributed by atoms with Crippen LogP contribution in [0.2, 0.25) is 0 Å². The topological polar surface area (TPSA) is 71.6 Å². The third kappa shape index (κ3) is 5.59. The minimum absolute atomic E-state index is 0.210. The normalized spacial score (nSPS) is 15.6. The lowest BCUT2D eigenvalue weighted by Crippen LogP contribution is -2.45. The van der Waals surface area contributed by atoms with Gasteiger partial charge >= 0.3 is 0 Å². The lowest BCUT2D eigenvalue weighted by molar-refractivity contribution is -0.113. The maximum atomic E-state index is 13.4. The number of benzene rings is 2. The Morgan fingerprint density at radius 3 is 2.56 bits per heavy atom. The number of carbonyl (C=O) groups is 1. The molecule has 0 saturated carbocycles. The van der Waals surface area contributed by atoms with Gasteiger partial charge in [0.1, 0.15) is 0 Å². The van der Waals surface area contributed by atoms with Crippen LogP contribution in [-0.4, -0.2) is 24.7 Å². The van der Waals surface area contributed by atoms with E-state index in [0.717, 1.165) is 36.1 Å². The number of allylic oxidation sites excluding steroid dienone is 1. The van der Waals surface area contributed by atoms with Crippen molar-refractivity contribution in [3.05, 3.63) is 64.9 Å². The van der Waals surface area contributed by atoms with E-state index in [2.05, 4.69) is 22.9 Å². The molecule has 1 amide bonds. The lowest BCUT2D eigenvalue weighted by Gasteiger charge is -2.31. The predicted octanol–water partition coefficient (Wildman–Crippen LogP) is 5.00. The van der Waals surface area contributed by atoms with Gasteiger partial charge in [-0.05, 0) is 50.7 Å². The first-order chi connectivity index (χ1) is 15.4. The number of hydrogen-bond donors (Lipinski definition) is 3. The molecular formula is C25H31N3O3S.